The summed E-state index contributed by atoms with van der Waals surface area (Å²) in [5, 5.41) is 0. The zero-order valence-electron chi connectivity index (χ0n) is 7.23. The van der Waals surface area contributed by atoms with E-state index < -0.39 is 0 Å². The Bertz CT molecular complexity index is 196. The molecule has 0 aliphatic carbocycles. The van der Waals surface area contributed by atoms with Crippen LogP contribution in [0, 0.1) is 20.8 Å². The zero-order valence-corrected chi connectivity index (χ0v) is 9.23. The second-order valence-electron chi connectivity index (χ2n) is 2.52. The Kier molecular flexibility index (Phi) is 4.26. The van der Waals surface area contributed by atoms with Crippen LogP contribution in [0.15, 0.2) is 18.2 Å². The maximum atomic E-state index is 2.16. The van der Waals surface area contributed by atoms with Crippen molar-refractivity contribution < 1.29 is 29.6 Å². The van der Waals surface area contributed by atoms with E-state index in [4.69, 9.17) is 0 Å². The summed E-state index contributed by atoms with van der Waals surface area (Å²) in [5.74, 6) is 0. The van der Waals surface area contributed by atoms with Crippen molar-refractivity contribution in [3.05, 3.63) is 34.9 Å². The molecule has 0 saturated carbocycles. The summed E-state index contributed by atoms with van der Waals surface area (Å²) >= 11 is 0. The summed E-state index contributed by atoms with van der Waals surface area (Å²) < 4.78 is 0. The molecular weight excluding hydrogens is 131 g/mol. The SMILES string of the molecule is Cc1cccc(C)c1C.[Na+]. The number of rotatable bonds is 0. The van der Waals surface area contributed by atoms with Crippen LogP contribution in [0.4, 0.5) is 0 Å². The van der Waals surface area contributed by atoms with E-state index in [1.165, 1.54) is 16.7 Å². The third-order valence-corrected chi connectivity index (χ3v) is 1.88. The van der Waals surface area contributed by atoms with Crippen LogP contribution in [0.3, 0.4) is 0 Å². The van der Waals surface area contributed by atoms with Gasteiger partial charge in [-0.25, -0.2) is 0 Å². The molecule has 0 atom stereocenters. The Balaban J connectivity index is 0.000000810. The fourth-order valence-electron chi connectivity index (χ4n) is 0.898. The Morgan fingerprint density at radius 1 is 0.900 bits per heavy atom. The minimum Gasteiger partial charge on any atom is -0.0617 e. The molecule has 0 amide bonds. The van der Waals surface area contributed by atoms with E-state index in [-0.39, 0.29) is 29.6 Å². The van der Waals surface area contributed by atoms with E-state index >= 15 is 0 Å². The predicted octanol–water partition coefficient (Wildman–Crippen LogP) is -0.384. The summed E-state index contributed by atoms with van der Waals surface area (Å²) in [5.41, 5.74) is 4.18. The van der Waals surface area contributed by atoms with Crippen LogP contribution >= 0.6 is 0 Å². The van der Waals surface area contributed by atoms with E-state index in [1.54, 1.807) is 0 Å². The van der Waals surface area contributed by atoms with Gasteiger partial charge >= 0.3 is 29.6 Å². The molecule has 0 spiro atoms. The fraction of sp³-hybridized carbons (Fsp3) is 0.333. The molecule has 0 radical (unpaired) electrons. The van der Waals surface area contributed by atoms with E-state index in [9.17, 15) is 0 Å². The van der Waals surface area contributed by atoms with E-state index in [0.717, 1.165) is 0 Å². The first-order valence-corrected chi connectivity index (χ1v) is 3.24. The number of hydrogen-bond donors (Lipinski definition) is 0. The van der Waals surface area contributed by atoms with Gasteiger partial charge in [0.25, 0.3) is 0 Å². The summed E-state index contributed by atoms with van der Waals surface area (Å²) in [7, 11) is 0. The van der Waals surface area contributed by atoms with Gasteiger partial charge in [-0.2, -0.15) is 0 Å². The van der Waals surface area contributed by atoms with Crippen molar-refractivity contribution in [3.63, 3.8) is 0 Å². The largest absolute Gasteiger partial charge is 1.00 e. The van der Waals surface area contributed by atoms with Gasteiger partial charge in [-0.1, -0.05) is 18.2 Å². The molecule has 0 aromatic heterocycles. The molecule has 1 heteroatoms. The van der Waals surface area contributed by atoms with Crippen molar-refractivity contribution >= 4 is 0 Å². The molecule has 10 heavy (non-hydrogen) atoms. The monoisotopic (exact) mass is 143 g/mol. The fourth-order valence-corrected chi connectivity index (χ4v) is 0.898. The molecule has 1 rings (SSSR count). The second-order valence-corrected chi connectivity index (χ2v) is 2.52. The minimum absolute atomic E-state index is 0. The normalized spacial score (nSPS) is 8.70. The third kappa shape index (κ3) is 2.12. The molecule has 0 aliphatic rings. The molecule has 0 fully saturated rings. The standard InChI is InChI=1S/C9H12.Na/c1-7-5-4-6-8(2)9(7)3;/h4-6H,1-3H3;/q;+1. The van der Waals surface area contributed by atoms with Gasteiger partial charge in [0, 0.05) is 0 Å². The summed E-state index contributed by atoms with van der Waals surface area (Å²) in [6.07, 6.45) is 0. The topological polar surface area (TPSA) is 0 Å². The van der Waals surface area contributed by atoms with Crippen LogP contribution in [-0.4, -0.2) is 0 Å². The molecular formula is C9H12Na+. The van der Waals surface area contributed by atoms with Gasteiger partial charge in [0.1, 0.15) is 0 Å². The van der Waals surface area contributed by atoms with E-state index in [1.807, 2.05) is 0 Å². The van der Waals surface area contributed by atoms with Crippen molar-refractivity contribution in [2.45, 2.75) is 20.8 Å². The maximum Gasteiger partial charge on any atom is 1.00 e. The number of benzene rings is 1. The van der Waals surface area contributed by atoms with Gasteiger partial charge in [0.15, 0.2) is 0 Å². The average Bonchev–Trinajstić information content (AvgIpc) is 1.83. The van der Waals surface area contributed by atoms with Crippen molar-refractivity contribution in [3.8, 4) is 0 Å². The molecule has 1 aromatic rings. The van der Waals surface area contributed by atoms with Crippen LogP contribution in [0.2, 0.25) is 0 Å². The van der Waals surface area contributed by atoms with Crippen LogP contribution in [0.5, 0.6) is 0 Å². The molecule has 48 valence electrons. The molecule has 0 heterocycles. The van der Waals surface area contributed by atoms with Gasteiger partial charge in [-0.05, 0) is 37.5 Å². The molecule has 0 aliphatic heterocycles. The summed E-state index contributed by atoms with van der Waals surface area (Å²) in [6, 6.07) is 6.38. The first-order chi connectivity index (χ1) is 4.22. The van der Waals surface area contributed by atoms with Crippen LogP contribution in [-0.2, 0) is 0 Å². The predicted molar refractivity (Wildman–Crippen MR) is 40.7 cm³/mol. The minimum atomic E-state index is 0. The van der Waals surface area contributed by atoms with Crippen molar-refractivity contribution in [1.82, 2.24) is 0 Å². The average molecular weight is 143 g/mol. The van der Waals surface area contributed by atoms with Crippen molar-refractivity contribution in [1.29, 1.82) is 0 Å². The smallest absolute Gasteiger partial charge is 0.0617 e. The summed E-state index contributed by atoms with van der Waals surface area (Å²) in [6.45, 7) is 6.44. The molecule has 0 bridgehead atoms. The zero-order chi connectivity index (χ0) is 6.85. The van der Waals surface area contributed by atoms with Crippen molar-refractivity contribution in [2.75, 3.05) is 0 Å². The first kappa shape index (κ1) is 10.2. The first-order valence-electron chi connectivity index (χ1n) is 3.24. The van der Waals surface area contributed by atoms with Crippen LogP contribution in [0.1, 0.15) is 16.7 Å². The summed E-state index contributed by atoms with van der Waals surface area (Å²) in [4.78, 5) is 0. The Morgan fingerprint density at radius 2 is 1.30 bits per heavy atom. The molecule has 0 N–H and O–H groups in total. The Hall–Kier alpha value is 0.220. The maximum absolute atomic E-state index is 2.16. The van der Waals surface area contributed by atoms with Gasteiger partial charge in [0.2, 0.25) is 0 Å². The quantitative estimate of drug-likeness (QED) is 0.434. The molecule has 1 aromatic carbocycles. The number of hydrogen-bond acceptors (Lipinski definition) is 0. The second kappa shape index (κ2) is 4.17. The van der Waals surface area contributed by atoms with Gasteiger partial charge in [0.05, 0.1) is 0 Å². The van der Waals surface area contributed by atoms with Crippen molar-refractivity contribution in [2.24, 2.45) is 0 Å². The van der Waals surface area contributed by atoms with Gasteiger partial charge < -0.3 is 0 Å². The molecule has 0 saturated heterocycles. The Morgan fingerprint density at radius 3 is 1.60 bits per heavy atom. The third-order valence-electron chi connectivity index (χ3n) is 1.88. The van der Waals surface area contributed by atoms with E-state index in [0.29, 0.717) is 0 Å². The molecule has 0 nitrogen and oxygen atoms in total. The molecule has 0 unspecified atom stereocenters. The van der Waals surface area contributed by atoms with Gasteiger partial charge in [-0.3, -0.25) is 0 Å². The Labute approximate surface area is 84.9 Å². The van der Waals surface area contributed by atoms with Gasteiger partial charge in [-0.15, -0.1) is 0 Å². The van der Waals surface area contributed by atoms with E-state index in [2.05, 4.69) is 39.0 Å². The number of aryl methyl sites for hydroxylation is 2. The van der Waals surface area contributed by atoms with Crippen LogP contribution < -0.4 is 29.6 Å². The van der Waals surface area contributed by atoms with Crippen LogP contribution in [0.25, 0.3) is 0 Å².